The Bertz CT molecular complexity index is 76.6. The molecule has 0 aliphatic carbocycles. The summed E-state index contributed by atoms with van der Waals surface area (Å²) >= 11 is 0. The lowest BCUT2D eigenvalue weighted by Gasteiger charge is -1.90. The molecule has 0 aromatic heterocycles. The van der Waals surface area contributed by atoms with Crippen molar-refractivity contribution in [1.29, 1.82) is 5.41 Å². The third-order valence-corrected chi connectivity index (χ3v) is 3.81. The van der Waals surface area contributed by atoms with E-state index in [0.717, 1.165) is 5.75 Å². The molecule has 0 atom stereocenters. The molecule has 1 aliphatic rings. The van der Waals surface area contributed by atoms with Crippen molar-refractivity contribution >= 4 is 17.1 Å². The van der Waals surface area contributed by atoms with Crippen LogP contribution in [0.5, 0.6) is 0 Å². The van der Waals surface area contributed by atoms with Gasteiger partial charge in [0.25, 0.3) is 0 Å². The lowest BCUT2D eigenvalue weighted by molar-refractivity contribution is 0.949. The largest absolute Gasteiger partial charge is 0.308 e. The van der Waals surface area contributed by atoms with Crippen molar-refractivity contribution in [2.24, 2.45) is 0 Å². The van der Waals surface area contributed by atoms with Crippen LogP contribution in [0.4, 0.5) is 0 Å². The molecule has 0 saturated carbocycles. The van der Waals surface area contributed by atoms with Crippen molar-refractivity contribution in [1.82, 2.24) is 0 Å². The normalized spacial score (nSPS) is 21.5. The molecule has 0 bridgehead atoms. The second kappa shape index (κ2) is 3.13. The van der Waals surface area contributed by atoms with Gasteiger partial charge in [0, 0.05) is 6.21 Å². The van der Waals surface area contributed by atoms with Gasteiger partial charge in [0.1, 0.15) is 17.3 Å². The molecule has 0 aromatic carbocycles. The number of hydrogen-bond donors (Lipinski definition) is 1. The van der Waals surface area contributed by atoms with E-state index in [-0.39, 0.29) is 0 Å². The maximum Gasteiger partial charge on any atom is 0.142 e. The van der Waals surface area contributed by atoms with Crippen LogP contribution < -0.4 is 0 Å². The fourth-order valence-corrected chi connectivity index (χ4v) is 3.00. The summed E-state index contributed by atoms with van der Waals surface area (Å²) in [5.74, 6) is 3.85. The van der Waals surface area contributed by atoms with Crippen LogP contribution in [0.15, 0.2) is 0 Å². The van der Waals surface area contributed by atoms with Crippen molar-refractivity contribution in [2.45, 2.75) is 12.8 Å². The van der Waals surface area contributed by atoms with Gasteiger partial charge in [0.05, 0.1) is 0 Å². The van der Waals surface area contributed by atoms with Crippen LogP contribution in [-0.2, 0) is 10.9 Å². The van der Waals surface area contributed by atoms with E-state index in [4.69, 9.17) is 5.41 Å². The first-order valence-corrected chi connectivity index (χ1v) is 4.79. The number of nitrogens with one attached hydrogen (secondary N) is 1. The maximum atomic E-state index is 6.85. The zero-order valence-electron chi connectivity index (χ0n) is 5.02. The van der Waals surface area contributed by atoms with Gasteiger partial charge in [-0.15, -0.1) is 0 Å². The van der Waals surface area contributed by atoms with Gasteiger partial charge >= 0.3 is 0 Å². The number of rotatable bonds is 2. The Kier molecular flexibility index (Phi) is 2.40. The molecule has 1 saturated heterocycles. The first kappa shape index (κ1) is 6.14. The molecule has 8 heavy (non-hydrogen) atoms. The molecule has 1 nitrogen and oxygen atoms in total. The Labute approximate surface area is 53.3 Å². The fourth-order valence-electron chi connectivity index (χ4n) is 0.999. The van der Waals surface area contributed by atoms with E-state index in [2.05, 4.69) is 0 Å². The van der Waals surface area contributed by atoms with Crippen molar-refractivity contribution < 1.29 is 0 Å². The Morgan fingerprint density at radius 2 is 2.00 bits per heavy atom. The van der Waals surface area contributed by atoms with E-state index < -0.39 is 0 Å². The molecule has 0 spiro atoms. The van der Waals surface area contributed by atoms with E-state index in [1.807, 2.05) is 0 Å². The molecule has 1 heterocycles. The van der Waals surface area contributed by atoms with Crippen LogP contribution in [-0.4, -0.2) is 23.5 Å². The second-order valence-corrected chi connectivity index (χ2v) is 4.47. The minimum atomic E-state index is 0.630. The summed E-state index contributed by atoms with van der Waals surface area (Å²) in [6, 6.07) is 0. The zero-order valence-corrected chi connectivity index (χ0v) is 5.84. The smallest absolute Gasteiger partial charge is 0.142 e. The highest BCUT2D eigenvalue weighted by atomic mass is 32.2. The predicted octanol–water partition coefficient (Wildman–Crippen LogP) is 1.05. The standard InChI is InChI=1S/C6H12NS/c7-3-6-8-4-1-2-5-8/h3,7H,1-2,4-6H2/q+1. The molecule has 46 valence electrons. The van der Waals surface area contributed by atoms with E-state index in [1.54, 1.807) is 6.21 Å². The van der Waals surface area contributed by atoms with Gasteiger partial charge in [-0.3, -0.25) is 0 Å². The van der Waals surface area contributed by atoms with E-state index in [1.165, 1.54) is 24.3 Å². The van der Waals surface area contributed by atoms with Crippen molar-refractivity contribution in [3.63, 3.8) is 0 Å². The highest BCUT2D eigenvalue weighted by Crippen LogP contribution is 2.11. The summed E-state index contributed by atoms with van der Waals surface area (Å²) in [6.45, 7) is 0. The molecule has 1 N–H and O–H groups in total. The lowest BCUT2D eigenvalue weighted by Crippen LogP contribution is -2.08. The van der Waals surface area contributed by atoms with Gasteiger partial charge in [0.15, 0.2) is 0 Å². The molecule has 0 aromatic rings. The summed E-state index contributed by atoms with van der Waals surface area (Å²) in [4.78, 5) is 0. The van der Waals surface area contributed by atoms with Crippen molar-refractivity contribution in [3.8, 4) is 0 Å². The highest BCUT2D eigenvalue weighted by Gasteiger charge is 2.21. The minimum Gasteiger partial charge on any atom is -0.308 e. The van der Waals surface area contributed by atoms with Crippen LogP contribution >= 0.6 is 0 Å². The third kappa shape index (κ3) is 1.51. The molecule has 1 aliphatic heterocycles. The van der Waals surface area contributed by atoms with Gasteiger partial charge in [-0.25, -0.2) is 0 Å². The van der Waals surface area contributed by atoms with E-state index >= 15 is 0 Å². The summed E-state index contributed by atoms with van der Waals surface area (Å²) in [5, 5.41) is 6.85. The van der Waals surface area contributed by atoms with Gasteiger partial charge in [-0.2, -0.15) is 0 Å². The summed E-state index contributed by atoms with van der Waals surface area (Å²) in [6.07, 6.45) is 4.39. The highest BCUT2D eigenvalue weighted by molar-refractivity contribution is 7.97. The van der Waals surface area contributed by atoms with Gasteiger partial charge in [0.2, 0.25) is 0 Å². The van der Waals surface area contributed by atoms with Crippen LogP contribution in [0.25, 0.3) is 0 Å². The summed E-state index contributed by atoms with van der Waals surface area (Å²) < 4.78 is 0. The van der Waals surface area contributed by atoms with Gasteiger partial charge in [-0.05, 0) is 23.7 Å². The molecule has 0 radical (unpaired) electrons. The van der Waals surface area contributed by atoms with Crippen molar-refractivity contribution in [2.75, 3.05) is 17.3 Å². The van der Waals surface area contributed by atoms with Crippen LogP contribution in [0, 0.1) is 5.41 Å². The first-order chi connectivity index (χ1) is 3.93. The average Bonchev–Trinajstić information content (AvgIpc) is 2.19. The SMILES string of the molecule is N=CC[S+]1CCCC1. The van der Waals surface area contributed by atoms with Crippen LogP contribution in [0.2, 0.25) is 0 Å². The fraction of sp³-hybridized carbons (Fsp3) is 0.833. The number of hydrogen-bond acceptors (Lipinski definition) is 1. The molecule has 1 rings (SSSR count). The van der Waals surface area contributed by atoms with Crippen LogP contribution in [0.3, 0.4) is 0 Å². The Hall–Kier alpha value is 0.0200. The van der Waals surface area contributed by atoms with Crippen molar-refractivity contribution in [3.05, 3.63) is 0 Å². The zero-order chi connectivity index (χ0) is 5.82. The Morgan fingerprint density at radius 1 is 1.38 bits per heavy atom. The molecule has 1 fully saturated rings. The van der Waals surface area contributed by atoms with Gasteiger partial charge < -0.3 is 5.41 Å². The minimum absolute atomic E-state index is 0.630. The lowest BCUT2D eigenvalue weighted by atomic mass is 10.4. The Balaban J connectivity index is 2.14. The second-order valence-electron chi connectivity index (χ2n) is 2.10. The average molecular weight is 130 g/mol. The summed E-state index contributed by atoms with van der Waals surface area (Å²) in [7, 11) is 0.630. The molecule has 0 amide bonds. The van der Waals surface area contributed by atoms with E-state index in [9.17, 15) is 0 Å². The molecular weight excluding hydrogens is 118 g/mol. The van der Waals surface area contributed by atoms with Gasteiger partial charge in [-0.1, -0.05) is 0 Å². The predicted molar refractivity (Wildman–Crippen MR) is 40.0 cm³/mol. The quantitative estimate of drug-likeness (QED) is 0.427. The maximum absolute atomic E-state index is 6.85. The topological polar surface area (TPSA) is 23.9 Å². The summed E-state index contributed by atoms with van der Waals surface area (Å²) in [5.41, 5.74) is 0. The molecule has 0 unspecified atom stereocenters. The molecular formula is C6H12NS+. The van der Waals surface area contributed by atoms with E-state index in [0.29, 0.717) is 10.9 Å². The monoisotopic (exact) mass is 130 g/mol. The third-order valence-electron chi connectivity index (χ3n) is 1.44. The first-order valence-electron chi connectivity index (χ1n) is 3.06. The van der Waals surface area contributed by atoms with Crippen LogP contribution in [0.1, 0.15) is 12.8 Å². The molecule has 2 heteroatoms. The Morgan fingerprint density at radius 3 is 2.50 bits per heavy atom.